The first-order chi connectivity index (χ1) is 14.9. The molecule has 5 aliphatic carbocycles. The Morgan fingerprint density at radius 3 is 2.19 bits per heavy atom. The van der Waals surface area contributed by atoms with Crippen LogP contribution in [0.25, 0.3) is 0 Å². The topological polar surface area (TPSA) is 34.1 Å². The van der Waals surface area contributed by atoms with Crippen LogP contribution in [-0.4, -0.2) is 12.1 Å². The molecule has 9 atom stereocenters. The van der Waals surface area contributed by atoms with Crippen molar-refractivity contribution in [3.63, 3.8) is 0 Å². The number of hydrogen-bond donors (Lipinski definition) is 0. The maximum absolute atomic E-state index is 12.9. The van der Waals surface area contributed by atoms with Gasteiger partial charge in [-0.25, -0.2) is 0 Å². The zero-order chi connectivity index (χ0) is 23.3. The molecule has 0 saturated heterocycles. The van der Waals surface area contributed by atoms with E-state index in [2.05, 4.69) is 48.5 Å². The molecule has 0 aromatic heterocycles. The number of rotatable bonds is 2. The predicted molar refractivity (Wildman–Crippen MR) is 130 cm³/mol. The molecule has 0 unspecified atom stereocenters. The summed E-state index contributed by atoms with van der Waals surface area (Å²) >= 11 is 0. The van der Waals surface area contributed by atoms with Crippen LogP contribution >= 0.6 is 0 Å². The first kappa shape index (κ1) is 23.1. The third-order valence-electron chi connectivity index (χ3n) is 13.4. The molecule has 5 aliphatic rings. The van der Waals surface area contributed by atoms with E-state index >= 15 is 0 Å². The average molecular weight is 441 g/mol. The molecule has 32 heavy (non-hydrogen) atoms. The van der Waals surface area contributed by atoms with Crippen LogP contribution in [0.5, 0.6) is 0 Å². The summed E-state index contributed by atoms with van der Waals surface area (Å²) < 4.78 is 0. The maximum Gasteiger partial charge on any atom is 0.138 e. The zero-order valence-corrected chi connectivity index (χ0v) is 21.9. The molecule has 0 bridgehead atoms. The van der Waals surface area contributed by atoms with Gasteiger partial charge in [-0.15, -0.1) is 0 Å². The van der Waals surface area contributed by atoms with Crippen molar-refractivity contribution in [3.05, 3.63) is 0 Å². The summed E-state index contributed by atoms with van der Waals surface area (Å²) in [5.41, 5.74) is 0.730. The van der Waals surface area contributed by atoms with Crippen molar-refractivity contribution in [2.24, 2.45) is 62.6 Å². The molecule has 0 heterocycles. The Kier molecular flexibility index (Phi) is 5.01. The van der Waals surface area contributed by atoms with Crippen molar-refractivity contribution in [1.29, 1.82) is 0 Å². The molecule has 2 nitrogen and oxygen atoms in total. The summed E-state index contributed by atoms with van der Waals surface area (Å²) in [5.74, 6) is 4.41. The van der Waals surface area contributed by atoms with E-state index in [1.807, 2.05) is 0 Å². The molecular formula is C30H48O2. The fourth-order valence-electron chi connectivity index (χ4n) is 11.5. The molecule has 0 aromatic rings. The van der Waals surface area contributed by atoms with E-state index in [1.165, 1.54) is 44.8 Å². The number of ketones is 1. The van der Waals surface area contributed by atoms with Crippen molar-refractivity contribution >= 4 is 12.1 Å². The average Bonchev–Trinajstić information content (AvgIpc) is 3.12. The molecule has 5 fully saturated rings. The van der Waals surface area contributed by atoms with Gasteiger partial charge in [-0.2, -0.15) is 0 Å². The smallest absolute Gasteiger partial charge is 0.138 e. The van der Waals surface area contributed by atoms with E-state index in [9.17, 15) is 9.59 Å². The standard InChI is InChI=1S/C30H48O2/c1-19(2)20-10-15-30(18-31)17-16-28(6)21(25(20)30)8-9-23-27(5)13-12-24(32)26(3,4)22(27)11-14-29(23,28)7/h18-23,25H,8-17H2,1-7H3/t20-,21+,22-,23+,25+,27-,28+,29+,30+/m0/s1. The molecule has 5 saturated carbocycles. The lowest BCUT2D eigenvalue weighted by atomic mass is 9.32. The molecule has 5 rings (SSSR count). The first-order valence-corrected chi connectivity index (χ1v) is 13.9. The fraction of sp³-hybridized carbons (Fsp3) is 0.933. The number of Topliss-reactive ketones (excluding diaryl/α,β-unsaturated/α-hetero) is 1. The summed E-state index contributed by atoms with van der Waals surface area (Å²) in [7, 11) is 0. The molecule has 0 aromatic carbocycles. The van der Waals surface area contributed by atoms with E-state index < -0.39 is 0 Å². The van der Waals surface area contributed by atoms with Gasteiger partial charge in [0.25, 0.3) is 0 Å². The van der Waals surface area contributed by atoms with E-state index in [1.54, 1.807) is 0 Å². The van der Waals surface area contributed by atoms with Crippen molar-refractivity contribution in [1.82, 2.24) is 0 Å². The number of fused-ring (bicyclic) bond motifs is 7. The Labute approximate surface area is 197 Å². The Morgan fingerprint density at radius 2 is 1.53 bits per heavy atom. The van der Waals surface area contributed by atoms with Crippen LogP contribution in [0, 0.1) is 62.6 Å². The highest BCUT2D eigenvalue weighted by Gasteiger charge is 2.70. The van der Waals surface area contributed by atoms with Crippen LogP contribution in [0.1, 0.15) is 113 Å². The van der Waals surface area contributed by atoms with Crippen molar-refractivity contribution in [3.8, 4) is 0 Å². The molecule has 0 radical (unpaired) electrons. The summed E-state index contributed by atoms with van der Waals surface area (Å²) in [5, 5.41) is 0. The minimum Gasteiger partial charge on any atom is -0.303 e. The van der Waals surface area contributed by atoms with Crippen molar-refractivity contribution < 1.29 is 9.59 Å². The molecule has 0 spiro atoms. The van der Waals surface area contributed by atoms with Crippen LogP contribution in [0.4, 0.5) is 0 Å². The van der Waals surface area contributed by atoms with Gasteiger partial charge >= 0.3 is 0 Å². The van der Waals surface area contributed by atoms with Crippen molar-refractivity contribution in [2.45, 2.75) is 113 Å². The third kappa shape index (κ3) is 2.59. The van der Waals surface area contributed by atoms with Crippen LogP contribution in [0.15, 0.2) is 0 Å². The molecule has 2 heteroatoms. The lowest BCUT2D eigenvalue weighted by Gasteiger charge is -2.72. The highest BCUT2D eigenvalue weighted by molar-refractivity contribution is 5.85. The number of carbonyl (C=O) groups is 2. The lowest BCUT2D eigenvalue weighted by Crippen LogP contribution is -2.66. The predicted octanol–water partition coefficient (Wildman–Crippen LogP) is 7.49. The molecular weight excluding hydrogens is 392 g/mol. The van der Waals surface area contributed by atoms with Gasteiger partial charge < -0.3 is 4.79 Å². The van der Waals surface area contributed by atoms with Gasteiger partial charge in [-0.3, -0.25) is 4.79 Å². The minimum atomic E-state index is -0.167. The molecule has 0 N–H and O–H groups in total. The Balaban J connectivity index is 1.56. The lowest BCUT2D eigenvalue weighted by molar-refractivity contribution is -0.233. The van der Waals surface area contributed by atoms with Crippen LogP contribution in [0.2, 0.25) is 0 Å². The Hall–Kier alpha value is -0.660. The molecule has 0 aliphatic heterocycles. The second kappa shape index (κ2) is 6.94. The van der Waals surface area contributed by atoms with E-state index in [0.717, 1.165) is 25.7 Å². The van der Waals surface area contributed by atoms with Gasteiger partial charge in [0.05, 0.1) is 0 Å². The fourth-order valence-corrected chi connectivity index (χ4v) is 11.5. The summed E-state index contributed by atoms with van der Waals surface area (Å²) in [4.78, 5) is 25.5. The Bertz CT molecular complexity index is 812. The molecule has 180 valence electrons. The van der Waals surface area contributed by atoms with E-state index in [0.29, 0.717) is 52.1 Å². The van der Waals surface area contributed by atoms with Crippen LogP contribution in [-0.2, 0) is 9.59 Å². The van der Waals surface area contributed by atoms with Crippen LogP contribution in [0.3, 0.4) is 0 Å². The van der Waals surface area contributed by atoms with E-state index in [-0.39, 0.29) is 16.2 Å². The Morgan fingerprint density at radius 1 is 0.812 bits per heavy atom. The SMILES string of the molecule is CC(C)[C@@H]1CC[C@]2(C=O)CC[C@]3(C)[C@H](CC[C@@H]4[C@@]5(C)CCC(=O)C(C)(C)[C@@H]5CC[C@]43C)[C@@H]12. The number of hydrogen-bond acceptors (Lipinski definition) is 2. The largest absolute Gasteiger partial charge is 0.303 e. The van der Waals surface area contributed by atoms with Crippen LogP contribution < -0.4 is 0 Å². The second-order valence-corrected chi connectivity index (χ2v) is 14.6. The van der Waals surface area contributed by atoms with Gasteiger partial charge in [0, 0.05) is 17.3 Å². The third-order valence-corrected chi connectivity index (χ3v) is 13.4. The zero-order valence-electron chi connectivity index (χ0n) is 21.9. The summed E-state index contributed by atoms with van der Waals surface area (Å²) in [6.07, 6.45) is 13.1. The maximum atomic E-state index is 12.9. The number of carbonyl (C=O) groups excluding carboxylic acids is 2. The number of aldehydes is 1. The van der Waals surface area contributed by atoms with Gasteiger partial charge in [0.15, 0.2) is 0 Å². The summed E-state index contributed by atoms with van der Waals surface area (Å²) in [6, 6.07) is 0. The monoisotopic (exact) mass is 440 g/mol. The highest BCUT2D eigenvalue weighted by Crippen LogP contribution is 2.77. The quantitative estimate of drug-likeness (QED) is 0.417. The van der Waals surface area contributed by atoms with E-state index in [4.69, 9.17) is 0 Å². The molecule has 0 amide bonds. The van der Waals surface area contributed by atoms with Gasteiger partial charge in [-0.1, -0.05) is 48.5 Å². The van der Waals surface area contributed by atoms with Gasteiger partial charge in [0.1, 0.15) is 12.1 Å². The second-order valence-electron chi connectivity index (χ2n) is 14.6. The van der Waals surface area contributed by atoms with Gasteiger partial charge in [0.2, 0.25) is 0 Å². The minimum absolute atomic E-state index is 0.0390. The first-order valence-electron chi connectivity index (χ1n) is 13.9. The normalized spacial score (nSPS) is 54.4. The summed E-state index contributed by atoms with van der Waals surface area (Å²) in [6.45, 7) is 17.2. The van der Waals surface area contributed by atoms with Crippen molar-refractivity contribution in [2.75, 3.05) is 0 Å². The highest BCUT2D eigenvalue weighted by atomic mass is 16.1. The van der Waals surface area contributed by atoms with Gasteiger partial charge in [-0.05, 0) is 110 Å².